The van der Waals surface area contributed by atoms with Gasteiger partial charge in [-0.15, -0.1) is 11.3 Å². The van der Waals surface area contributed by atoms with Crippen LogP contribution in [0.2, 0.25) is 0 Å². The van der Waals surface area contributed by atoms with E-state index in [1.165, 1.54) is 11.3 Å². The molecule has 2 heterocycles. The fraction of sp³-hybridized carbons (Fsp3) is 0.765. The molecule has 1 saturated carbocycles. The zero-order chi connectivity index (χ0) is 16.6. The standard InChI is InChI=1S/C17H27N3O2S/c1-17(2,3)16-18-11-14(23-16)15(22)20-9-7-19(8-10-20)12-5-4-6-13(12)21/h11-13,21H,4-10H2,1-3H3/t12-,13+/m0/s1. The molecule has 2 fully saturated rings. The number of nitrogens with zero attached hydrogens (tertiary/aromatic N) is 3. The van der Waals surface area contributed by atoms with Crippen LogP contribution in [0.5, 0.6) is 0 Å². The van der Waals surface area contributed by atoms with Crippen molar-refractivity contribution >= 4 is 17.2 Å². The molecular formula is C17H27N3O2S. The Morgan fingerprint density at radius 2 is 1.96 bits per heavy atom. The summed E-state index contributed by atoms with van der Waals surface area (Å²) in [6.45, 7) is 9.55. The van der Waals surface area contributed by atoms with E-state index < -0.39 is 0 Å². The third kappa shape index (κ3) is 3.59. The maximum Gasteiger partial charge on any atom is 0.265 e. The molecule has 23 heavy (non-hydrogen) atoms. The van der Waals surface area contributed by atoms with Gasteiger partial charge in [0.05, 0.1) is 17.3 Å². The summed E-state index contributed by atoms with van der Waals surface area (Å²) in [7, 11) is 0. The molecule has 1 aliphatic heterocycles. The van der Waals surface area contributed by atoms with Crippen molar-refractivity contribution in [2.75, 3.05) is 26.2 Å². The third-order valence-corrected chi connectivity index (χ3v) is 6.28. The number of thiazole rings is 1. The number of hydrogen-bond acceptors (Lipinski definition) is 5. The van der Waals surface area contributed by atoms with Crippen LogP contribution < -0.4 is 0 Å². The third-order valence-electron chi connectivity index (χ3n) is 4.87. The van der Waals surface area contributed by atoms with Gasteiger partial charge in [-0.1, -0.05) is 20.8 Å². The molecule has 1 aromatic rings. The first-order valence-corrected chi connectivity index (χ1v) is 9.35. The number of carbonyl (C=O) groups excluding carboxylic acids is 1. The summed E-state index contributed by atoms with van der Waals surface area (Å²) >= 11 is 1.51. The lowest BCUT2D eigenvalue weighted by Crippen LogP contribution is -2.53. The van der Waals surface area contributed by atoms with Crippen LogP contribution in [0, 0.1) is 0 Å². The Morgan fingerprint density at radius 3 is 2.48 bits per heavy atom. The molecule has 2 aliphatic rings. The van der Waals surface area contributed by atoms with E-state index in [0.29, 0.717) is 6.04 Å². The Morgan fingerprint density at radius 1 is 1.26 bits per heavy atom. The van der Waals surface area contributed by atoms with Gasteiger partial charge in [0.25, 0.3) is 5.91 Å². The largest absolute Gasteiger partial charge is 0.391 e. The summed E-state index contributed by atoms with van der Waals surface area (Å²) in [6, 6.07) is 0.295. The second-order valence-corrected chi connectivity index (χ2v) is 8.70. The van der Waals surface area contributed by atoms with Gasteiger partial charge in [-0.05, 0) is 19.3 Å². The van der Waals surface area contributed by atoms with Crippen LogP contribution in [0.1, 0.15) is 54.7 Å². The minimum absolute atomic E-state index is 0.0134. The lowest BCUT2D eigenvalue weighted by molar-refractivity contribution is 0.0317. The average Bonchev–Trinajstić information content (AvgIpc) is 3.15. The Hall–Kier alpha value is -0.980. The van der Waals surface area contributed by atoms with Gasteiger partial charge in [0, 0.05) is 37.6 Å². The maximum atomic E-state index is 12.7. The predicted octanol–water partition coefficient (Wildman–Crippen LogP) is 2.11. The number of hydrogen-bond donors (Lipinski definition) is 1. The van der Waals surface area contributed by atoms with E-state index in [-0.39, 0.29) is 17.4 Å². The Kier molecular flexibility index (Phi) is 4.76. The predicted molar refractivity (Wildman–Crippen MR) is 91.9 cm³/mol. The van der Waals surface area contributed by atoms with Crippen LogP contribution in [0.15, 0.2) is 6.20 Å². The highest BCUT2D eigenvalue weighted by molar-refractivity contribution is 7.13. The number of rotatable bonds is 2. The highest BCUT2D eigenvalue weighted by Gasteiger charge is 2.34. The number of aromatic nitrogens is 1. The number of amides is 1. The first kappa shape index (κ1) is 16.9. The van der Waals surface area contributed by atoms with Gasteiger partial charge in [-0.2, -0.15) is 0 Å². The fourth-order valence-corrected chi connectivity index (χ4v) is 4.42. The molecule has 1 N–H and O–H groups in total. The lowest BCUT2D eigenvalue weighted by Gasteiger charge is -2.38. The van der Waals surface area contributed by atoms with Crippen molar-refractivity contribution in [1.82, 2.24) is 14.8 Å². The second-order valence-electron chi connectivity index (χ2n) is 7.67. The fourth-order valence-electron chi connectivity index (χ4n) is 3.48. The van der Waals surface area contributed by atoms with E-state index >= 15 is 0 Å². The molecule has 1 amide bonds. The number of carbonyl (C=O) groups is 1. The van der Waals surface area contributed by atoms with Crippen molar-refractivity contribution in [1.29, 1.82) is 0 Å². The van der Waals surface area contributed by atoms with Crippen LogP contribution in [0.4, 0.5) is 0 Å². The van der Waals surface area contributed by atoms with Crippen molar-refractivity contribution in [2.45, 2.75) is 57.6 Å². The quantitative estimate of drug-likeness (QED) is 0.898. The molecular weight excluding hydrogens is 310 g/mol. The highest BCUT2D eigenvalue weighted by Crippen LogP contribution is 2.28. The van der Waals surface area contributed by atoms with E-state index in [1.54, 1.807) is 6.20 Å². The molecule has 6 heteroatoms. The summed E-state index contributed by atoms with van der Waals surface area (Å²) in [4.78, 5) is 22.1. The van der Waals surface area contributed by atoms with E-state index in [4.69, 9.17) is 0 Å². The van der Waals surface area contributed by atoms with Crippen LogP contribution >= 0.6 is 11.3 Å². The Labute approximate surface area is 142 Å². The summed E-state index contributed by atoms with van der Waals surface area (Å²) in [5.74, 6) is 0.102. The highest BCUT2D eigenvalue weighted by atomic mass is 32.1. The SMILES string of the molecule is CC(C)(C)c1ncc(C(=O)N2CCN([C@H]3CCC[C@H]3O)CC2)s1. The molecule has 1 aromatic heterocycles. The molecule has 0 bridgehead atoms. The van der Waals surface area contributed by atoms with E-state index in [1.807, 2.05) is 4.90 Å². The van der Waals surface area contributed by atoms with Crippen molar-refractivity contribution in [2.24, 2.45) is 0 Å². The van der Waals surface area contributed by atoms with Gasteiger partial charge in [0.1, 0.15) is 4.88 Å². The Balaban J connectivity index is 1.59. The zero-order valence-corrected chi connectivity index (χ0v) is 15.1. The van der Waals surface area contributed by atoms with Gasteiger partial charge in [0.2, 0.25) is 0 Å². The summed E-state index contributed by atoms with van der Waals surface area (Å²) in [5, 5.41) is 11.1. The number of aliphatic hydroxyl groups is 1. The second kappa shape index (κ2) is 6.49. The molecule has 128 valence electrons. The van der Waals surface area contributed by atoms with Gasteiger partial charge in [-0.3, -0.25) is 9.69 Å². The van der Waals surface area contributed by atoms with Crippen LogP contribution in [0.25, 0.3) is 0 Å². The molecule has 2 atom stereocenters. The average molecular weight is 337 g/mol. The van der Waals surface area contributed by atoms with E-state index in [9.17, 15) is 9.90 Å². The first-order chi connectivity index (χ1) is 10.9. The van der Waals surface area contributed by atoms with Crippen molar-refractivity contribution in [3.05, 3.63) is 16.1 Å². The zero-order valence-electron chi connectivity index (χ0n) is 14.3. The molecule has 0 unspecified atom stereocenters. The number of aliphatic hydroxyl groups excluding tert-OH is 1. The van der Waals surface area contributed by atoms with Gasteiger partial charge in [0.15, 0.2) is 0 Å². The normalized spacial score (nSPS) is 26.7. The van der Waals surface area contributed by atoms with Gasteiger partial charge >= 0.3 is 0 Å². The minimum Gasteiger partial charge on any atom is -0.391 e. The van der Waals surface area contributed by atoms with Crippen molar-refractivity contribution in [3.8, 4) is 0 Å². The summed E-state index contributed by atoms with van der Waals surface area (Å²) in [5.41, 5.74) is -0.0134. The Bertz CT molecular complexity index is 558. The molecule has 0 spiro atoms. The molecule has 1 saturated heterocycles. The molecule has 0 radical (unpaired) electrons. The van der Waals surface area contributed by atoms with Gasteiger partial charge < -0.3 is 10.0 Å². The van der Waals surface area contributed by atoms with Crippen molar-refractivity contribution in [3.63, 3.8) is 0 Å². The monoisotopic (exact) mass is 337 g/mol. The van der Waals surface area contributed by atoms with Crippen LogP contribution in [-0.4, -0.2) is 64.1 Å². The van der Waals surface area contributed by atoms with Crippen LogP contribution in [-0.2, 0) is 5.41 Å². The molecule has 5 nitrogen and oxygen atoms in total. The molecule has 1 aliphatic carbocycles. The van der Waals surface area contributed by atoms with Gasteiger partial charge in [-0.25, -0.2) is 4.98 Å². The van der Waals surface area contributed by atoms with E-state index in [2.05, 4.69) is 30.7 Å². The maximum absolute atomic E-state index is 12.7. The first-order valence-electron chi connectivity index (χ1n) is 8.54. The van der Waals surface area contributed by atoms with Crippen LogP contribution in [0.3, 0.4) is 0 Å². The molecule has 3 rings (SSSR count). The smallest absolute Gasteiger partial charge is 0.265 e. The topological polar surface area (TPSA) is 56.7 Å². The number of piperazine rings is 1. The van der Waals surface area contributed by atoms with Crippen molar-refractivity contribution < 1.29 is 9.90 Å². The minimum atomic E-state index is -0.187. The lowest BCUT2D eigenvalue weighted by atomic mass is 9.98. The summed E-state index contributed by atoms with van der Waals surface area (Å²) < 4.78 is 0. The molecule has 0 aromatic carbocycles. The summed E-state index contributed by atoms with van der Waals surface area (Å²) in [6.07, 6.45) is 4.65. The van der Waals surface area contributed by atoms with E-state index in [0.717, 1.165) is 55.3 Å².